The number of hydrogen-bond acceptors (Lipinski definition) is 1. The zero-order valence-electron chi connectivity index (χ0n) is 10.6. The molecule has 0 spiro atoms. The van der Waals surface area contributed by atoms with Crippen LogP contribution in [0, 0.1) is 5.82 Å². The fraction of sp³-hybridized carbons (Fsp3) is 0.571. The molecule has 0 saturated heterocycles. The molecule has 0 heterocycles. The van der Waals surface area contributed by atoms with Crippen LogP contribution in [0.25, 0.3) is 0 Å². The van der Waals surface area contributed by atoms with E-state index in [1.807, 2.05) is 6.07 Å². The van der Waals surface area contributed by atoms with Crippen molar-refractivity contribution in [3.05, 3.63) is 34.1 Å². The maximum Gasteiger partial charge on any atom is 0.124 e. The molecule has 3 heteroatoms. The van der Waals surface area contributed by atoms with Gasteiger partial charge in [-0.15, -0.1) is 0 Å². The lowest BCUT2D eigenvalue weighted by atomic mass is 10.0. The summed E-state index contributed by atoms with van der Waals surface area (Å²) in [6, 6.07) is 5.55. The van der Waals surface area contributed by atoms with Gasteiger partial charge in [0.1, 0.15) is 5.82 Å². The van der Waals surface area contributed by atoms with Crippen molar-refractivity contribution in [1.82, 2.24) is 5.32 Å². The number of hydrogen-bond donors (Lipinski definition) is 1. The molecule has 1 N–H and O–H groups in total. The number of rotatable bonds is 7. The van der Waals surface area contributed by atoms with Crippen LogP contribution in [0.2, 0.25) is 0 Å². The molecule has 1 nitrogen and oxygen atoms in total. The Bertz CT molecular complexity index is 341. The van der Waals surface area contributed by atoms with Crippen LogP contribution in [-0.4, -0.2) is 12.6 Å². The molecule has 0 amide bonds. The fourth-order valence-corrected chi connectivity index (χ4v) is 2.55. The van der Waals surface area contributed by atoms with Crippen LogP contribution < -0.4 is 5.32 Å². The van der Waals surface area contributed by atoms with Crippen molar-refractivity contribution in [3.63, 3.8) is 0 Å². The molecule has 0 aliphatic carbocycles. The second-order valence-electron chi connectivity index (χ2n) is 4.29. The minimum Gasteiger partial charge on any atom is -0.314 e. The molecule has 0 bridgehead atoms. The minimum absolute atomic E-state index is 0.181. The molecule has 1 rings (SSSR count). The van der Waals surface area contributed by atoms with Crippen LogP contribution >= 0.6 is 15.9 Å². The van der Waals surface area contributed by atoms with Crippen LogP contribution in [0.15, 0.2) is 22.7 Å². The van der Waals surface area contributed by atoms with E-state index in [0.29, 0.717) is 6.04 Å². The van der Waals surface area contributed by atoms with Crippen LogP contribution in [0.4, 0.5) is 4.39 Å². The standard InChI is InChI=1S/C14H21BrFN/c1-3-13(17-4-2)7-5-6-11-8-9-12(16)10-14(11)15/h8-10,13,17H,3-7H2,1-2H3. The fourth-order valence-electron chi connectivity index (χ4n) is 2.00. The van der Waals surface area contributed by atoms with Gasteiger partial charge in [-0.2, -0.15) is 0 Å². The Morgan fingerprint density at radius 3 is 2.71 bits per heavy atom. The Morgan fingerprint density at radius 2 is 2.12 bits per heavy atom. The van der Waals surface area contributed by atoms with Crippen molar-refractivity contribution in [1.29, 1.82) is 0 Å². The molecule has 0 fully saturated rings. The van der Waals surface area contributed by atoms with Gasteiger partial charge in [0, 0.05) is 10.5 Å². The third kappa shape index (κ3) is 5.17. The summed E-state index contributed by atoms with van der Waals surface area (Å²) in [6.07, 6.45) is 4.48. The van der Waals surface area contributed by atoms with Gasteiger partial charge in [0.25, 0.3) is 0 Å². The number of benzene rings is 1. The summed E-state index contributed by atoms with van der Waals surface area (Å²) in [5, 5.41) is 3.47. The molecule has 0 radical (unpaired) electrons. The Balaban J connectivity index is 2.39. The maximum atomic E-state index is 12.9. The van der Waals surface area contributed by atoms with Crippen LogP contribution in [0.3, 0.4) is 0 Å². The maximum absolute atomic E-state index is 12.9. The second kappa shape index (κ2) is 7.83. The molecule has 0 aromatic heterocycles. The van der Waals surface area contributed by atoms with E-state index in [1.54, 1.807) is 0 Å². The molecule has 96 valence electrons. The van der Waals surface area contributed by atoms with Crippen LogP contribution in [0.1, 0.15) is 38.7 Å². The van der Waals surface area contributed by atoms with Gasteiger partial charge in [-0.25, -0.2) is 4.39 Å². The highest BCUT2D eigenvalue weighted by Crippen LogP contribution is 2.20. The van der Waals surface area contributed by atoms with E-state index in [0.717, 1.165) is 23.9 Å². The van der Waals surface area contributed by atoms with Gasteiger partial charge in [0.15, 0.2) is 0 Å². The van der Waals surface area contributed by atoms with Gasteiger partial charge in [-0.3, -0.25) is 0 Å². The highest BCUT2D eigenvalue weighted by molar-refractivity contribution is 9.10. The topological polar surface area (TPSA) is 12.0 Å². The summed E-state index contributed by atoms with van der Waals surface area (Å²) in [5.74, 6) is -0.181. The van der Waals surface area contributed by atoms with E-state index in [9.17, 15) is 4.39 Å². The van der Waals surface area contributed by atoms with Crippen LogP contribution in [-0.2, 0) is 6.42 Å². The third-order valence-corrected chi connectivity index (χ3v) is 3.74. The van der Waals surface area contributed by atoms with Crippen molar-refractivity contribution in [2.24, 2.45) is 0 Å². The average molecular weight is 302 g/mol. The minimum atomic E-state index is -0.181. The number of halogens is 2. The summed E-state index contributed by atoms with van der Waals surface area (Å²) in [4.78, 5) is 0. The lowest BCUT2D eigenvalue weighted by molar-refractivity contribution is 0.467. The van der Waals surface area contributed by atoms with Crippen LogP contribution in [0.5, 0.6) is 0 Å². The van der Waals surface area contributed by atoms with Crippen molar-refractivity contribution < 1.29 is 4.39 Å². The molecule has 17 heavy (non-hydrogen) atoms. The van der Waals surface area contributed by atoms with Gasteiger partial charge in [0.2, 0.25) is 0 Å². The highest BCUT2D eigenvalue weighted by atomic mass is 79.9. The Kier molecular flexibility index (Phi) is 6.75. The van der Waals surface area contributed by atoms with Crippen molar-refractivity contribution in [2.75, 3.05) is 6.54 Å². The van der Waals surface area contributed by atoms with E-state index in [4.69, 9.17) is 0 Å². The lowest BCUT2D eigenvalue weighted by Crippen LogP contribution is -2.28. The first-order valence-corrected chi connectivity index (χ1v) is 7.14. The normalized spacial score (nSPS) is 12.7. The summed E-state index contributed by atoms with van der Waals surface area (Å²) >= 11 is 3.41. The van der Waals surface area contributed by atoms with Crippen molar-refractivity contribution in [3.8, 4) is 0 Å². The Morgan fingerprint density at radius 1 is 1.35 bits per heavy atom. The van der Waals surface area contributed by atoms with Gasteiger partial charge >= 0.3 is 0 Å². The quantitative estimate of drug-likeness (QED) is 0.792. The molecular formula is C14H21BrFN. The van der Waals surface area contributed by atoms with Gasteiger partial charge < -0.3 is 5.32 Å². The smallest absolute Gasteiger partial charge is 0.124 e. The summed E-state index contributed by atoms with van der Waals surface area (Å²) in [5.41, 5.74) is 1.19. The van der Waals surface area contributed by atoms with Gasteiger partial charge in [-0.05, 0) is 49.9 Å². The zero-order valence-corrected chi connectivity index (χ0v) is 12.2. The highest BCUT2D eigenvalue weighted by Gasteiger charge is 2.06. The Hall–Kier alpha value is -0.410. The number of nitrogens with one attached hydrogen (secondary N) is 1. The Labute approximate surface area is 112 Å². The first-order valence-electron chi connectivity index (χ1n) is 6.34. The second-order valence-corrected chi connectivity index (χ2v) is 5.15. The largest absolute Gasteiger partial charge is 0.314 e. The molecule has 0 aliphatic rings. The zero-order chi connectivity index (χ0) is 12.7. The molecule has 1 aromatic rings. The lowest BCUT2D eigenvalue weighted by Gasteiger charge is -2.15. The van der Waals surface area contributed by atoms with E-state index in [-0.39, 0.29) is 5.82 Å². The summed E-state index contributed by atoms with van der Waals surface area (Å²) in [7, 11) is 0. The van der Waals surface area contributed by atoms with E-state index < -0.39 is 0 Å². The SMILES string of the molecule is CCNC(CC)CCCc1ccc(F)cc1Br. The molecular weight excluding hydrogens is 281 g/mol. The molecule has 1 unspecified atom stereocenters. The molecule has 1 atom stereocenters. The number of aryl methyl sites for hydroxylation is 1. The van der Waals surface area contributed by atoms with Crippen molar-refractivity contribution >= 4 is 15.9 Å². The molecule has 1 aromatic carbocycles. The molecule has 0 aliphatic heterocycles. The first kappa shape index (κ1) is 14.7. The van der Waals surface area contributed by atoms with E-state index in [2.05, 4.69) is 35.1 Å². The predicted molar refractivity (Wildman–Crippen MR) is 74.8 cm³/mol. The van der Waals surface area contributed by atoms with Gasteiger partial charge in [-0.1, -0.05) is 35.8 Å². The molecule has 0 saturated carbocycles. The average Bonchev–Trinajstić information content (AvgIpc) is 2.30. The van der Waals surface area contributed by atoms with E-state index >= 15 is 0 Å². The predicted octanol–water partition coefficient (Wildman–Crippen LogP) is 4.30. The summed E-state index contributed by atoms with van der Waals surface area (Å²) < 4.78 is 13.8. The first-order chi connectivity index (χ1) is 8.17. The van der Waals surface area contributed by atoms with Crippen molar-refractivity contribution in [2.45, 2.75) is 45.6 Å². The monoisotopic (exact) mass is 301 g/mol. The van der Waals surface area contributed by atoms with Gasteiger partial charge in [0.05, 0.1) is 0 Å². The van der Waals surface area contributed by atoms with E-state index in [1.165, 1.54) is 30.5 Å². The third-order valence-electron chi connectivity index (χ3n) is 3.00. The summed E-state index contributed by atoms with van der Waals surface area (Å²) in [6.45, 7) is 5.37.